The normalized spacial score (nSPS) is 19.7. The second-order valence-corrected chi connectivity index (χ2v) is 7.54. The highest BCUT2D eigenvalue weighted by Gasteiger charge is 2.24. The second-order valence-electron chi connectivity index (χ2n) is 6.49. The fourth-order valence-electron chi connectivity index (χ4n) is 3.40. The number of fused-ring (bicyclic) bond motifs is 1. The van der Waals surface area contributed by atoms with Gasteiger partial charge >= 0.3 is 0 Å². The first kappa shape index (κ1) is 16.1. The van der Waals surface area contributed by atoms with E-state index in [2.05, 4.69) is 35.3 Å². The topological polar surface area (TPSA) is 69.1 Å². The minimum absolute atomic E-state index is 0.181. The molecule has 5 nitrogen and oxygen atoms in total. The van der Waals surface area contributed by atoms with Crippen LogP contribution < -0.4 is 10.2 Å². The molecule has 0 radical (unpaired) electrons. The van der Waals surface area contributed by atoms with Gasteiger partial charge in [0.2, 0.25) is 0 Å². The van der Waals surface area contributed by atoms with Crippen LogP contribution in [0, 0.1) is 12.3 Å². The van der Waals surface area contributed by atoms with Crippen LogP contribution >= 0.6 is 11.8 Å². The number of hydrogen-bond acceptors (Lipinski definition) is 5. The van der Waals surface area contributed by atoms with Crippen molar-refractivity contribution in [3.05, 3.63) is 40.3 Å². The Morgan fingerprint density at radius 2 is 2.08 bits per heavy atom. The number of carbonyl (C=O) groups excluding carboxylic acids is 1. The van der Waals surface area contributed by atoms with E-state index in [-0.39, 0.29) is 11.1 Å². The van der Waals surface area contributed by atoms with Crippen molar-refractivity contribution in [2.24, 2.45) is 0 Å². The van der Waals surface area contributed by atoms with Gasteiger partial charge in [0.25, 0.3) is 5.91 Å². The second kappa shape index (κ2) is 6.52. The Balaban J connectivity index is 1.87. The average Bonchev–Trinajstić information content (AvgIpc) is 2.93. The average molecular weight is 352 g/mol. The minimum Gasteiger partial charge on any atom is -0.356 e. The number of rotatable bonds is 2. The number of aryl methyl sites for hydroxylation is 1. The fraction of sp³-hybridized carbons (Fsp3) is 0.316. The predicted octanol–water partition coefficient (Wildman–Crippen LogP) is 3.67. The summed E-state index contributed by atoms with van der Waals surface area (Å²) in [7, 11) is 0. The first-order chi connectivity index (χ1) is 12.1. The van der Waals surface area contributed by atoms with E-state index in [0.29, 0.717) is 4.91 Å². The summed E-state index contributed by atoms with van der Waals surface area (Å²) in [5.41, 5.74) is 3.12. The highest BCUT2D eigenvalue weighted by atomic mass is 32.2. The Bertz CT molecular complexity index is 900. The van der Waals surface area contributed by atoms with Crippen molar-refractivity contribution in [3.8, 4) is 0 Å². The molecule has 6 heteroatoms. The molecule has 3 heterocycles. The van der Waals surface area contributed by atoms with E-state index >= 15 is 0 Å². The zero-order valence-corrected chi connectivity index (χ0v) is 14.9. The molecule has 2 fully saturated rings. The molecular formula is C19H20N4OS. The van der Waals surface area contributed by atoms with Crippen molar-refractivity contribution < 1.29 is 4.79 Å². The number of nitrogens with zero attached hydrogens (tertiary/aromatic N) is 2. The van der Waals surface area contributed by atoms with Crippen LogP contribution in [0.3, 0.4) is 0 Å². The van der Waals surface area contributed by atoms with Crippen molar-refractivity contribution in [1.82, 2.24) is 10.3 Å². The maximum absolute atomic E-state index is 12.0. The summed E-state index contributed by atoms with van der Waals surface area (Å²) in [6.45, 7) is 4.07. The highest BCUT2D eigenvalue weighted by molar-refractivity contribution is 8.18. The Kier molecular flexibility index (Phi) is 4.21. The van der Waals surface area contributed by atoms with Gasteiger partial charge in [-0.05, 0) is 55.7 Å². The summed E-state index contributed by atoms with van der Waals surface area (Å²) in [4.78, 5) is 19.9. The van der Waals surface area contributed by atoms with Crippen LogP contribution in [0.2, 0.25) is 0 Å². The van der Waals surface area contributed by atoms with Crippen LogP contribution in [0.25, 0.3) is 17.0 Å². The number of carbonyl (C=O) groups is 1. The van der Waals surface area contributed by atoms with Crippen molar-refractivity contribution in [2.75, 3.05) is 18.0 Å². The summed E-state index contributed by atoms with van der Waals surface area (Å²) in [5, 5.41) is 11.4. The lowest BCUT2D eigenvalue weighted by Gasteiger charge is -2.29. The van der Waals surface area contributed by atoms with Crippen molar-refractivity contribution in [3.63, 3.8) is 0 Å². The van der Waals surface area contributed by atoms with E-state index in [1.165, 1.54) is 31.0 Å². The van der Waals surface area contributed by atoms with Gasteiger partial charge in [0.05, 0.1) is 10.4 Å². The summed E-state index contributed by atoms with van der Waals surface area (Å²) >= 11 is 1.17. The number of nitrogens with one attached hydrogen (secondary N) is 2. The molecule has 1 aromatic carbocycles. The number of anilines is 1. The lowest BCUT2D eigenvalue weighted by Crippen LogP contribution is -2.30. The number of aromatic nitrogens is 1. The molecule has 4 rings (SSSR count). The van der Waals surface area contributed by atoms with E-state index in [0.717, 1.165) is 40.9 Å². The molecule has 0 atom stereocenters. The predicted molar refractivity (Wildman–Crippen MR) is 104 cm³/mol. The van der Waals surface area contributed by atoms with E-state index < -0.39 is 0 Å². The van der Waals surface area contributed by atoms with Crippen LogP contribution in [-0.4, -0.2) is 29.1 Å². The summed E-state index contributed by atoms with van der Waals surface area (Å²) in [6, 6.07) is 8.28. The zero-order chi connectivity index (χ0) is 17.4. The number of benzene rings is 1. The van der Waals surface area contributed by atoms with Gasteiger partial charge in [-0.2, -0.15) is 0 Å². The van der Waals surface area contributed by atoms with Crippen LogP contribution in [0.5, 0.6) is 0 Å². The van der Waals surface area contributed by atoms with Crippen molar-refractivity contribution in [2.45, 2.75) is 26.2 Å². The number of amidine groups is 1. The van der Waals surface area contributed by atoms with Gasteiger partial charge in [-0.1, -0.05) is 18.2 Å². The summed E-state index contributed by atoms with van der Waals surface area (Å²) in [6.07, 6.45) is 5.47. The van der Waals surface area contributed by atoms with Crippen LogP contribution in [0.15, 0.2) is 29.2 Å². The number of amides is 1. The van der Waals surface area contributed by atoms with Crippen molar-refractivity contribution in [1.29, 1.82) is 5.41 Å². The smallest absolute Gasteiger partial charge is 0.264 e. The zero-order valence-electron chi connectivity index (χ0n) is 14.1. The third-order valence-electron chi connectivity index (χ3n) is 4.66. The molecule has 0 aliphatic carbocycles. The molecule has 1 aromatic heterocycles. The Hall–Kier alpha value is -2.34. The van der Waals surface area contributed by atoms with E-state index in [1.54, 1.807) is 0 Å². The maximum Gasteiger partial charge on any atom is 0.264 e. The number of pyridine rings is 1. The van der Waals surface area contributed by atoms with Crippen LogP contribution in [0.1, 0.15) is 30.4 Å². The van der Waals surface area contributed by atoms with Crippen molar-refractivity contribution >= 4 is 45.6 Å². The lowest BCUT2D eigenvalue weighted by atomic mass is 10.1. The number of piperidine rings is 1. The van der Waals surface area contributed by atoms with E-state index in [9.17, 15) is 4.79 Å². The lowest BCUT2D eigenvalue weighted by molar-refractivity contribution is -0.115. The molecule has 1 amide bonds. The molecular weight excluding hydrogens is 332 g/mol. The molecule has 2 aliphatic rings. The Labute approximate surface area is 151 Å². The first-order valence-electron chi connectivity index (χ1n) is 8.56. The third-order valence-corrected chi connectivity index (χ3v) is 5.49. The molecule has 0 saturated carbocycles. The largest absolute Gasteiger partial charge is 0.356 e. The molecule has 2 saturated heterocycles. The molecule has 25 heavy (non-hydrogen) atoms. The van der Waals surface area contributed by atoms with Gasteiger partial charge in [-0.25, -0.2) is 4.98 Å². The number of hydrogen-bond donors (Lipinski definition) is 2. The molecule has 2 aromatic rings. The molecule has 2 aliphatic heterocycles. The highest BCUT2D eigenvalue weighted by Crippen LogP contribution is 2.32. The first-order valence-corrected chi connectivity index (χ1v) is 9.38. The van der Waals surface area contributed by atoms with Gasteiger partial charge in [0.1, 0.15) is 5.82 Å². The minimum atomic E-state index is -0.205. The van der Waals surface area contributed by atoms with Gasteiger partial charge in [-0.15, -0.1) is 0 Å². The quantitative estimate of drug-likeness (QED) is 0.809. The van der Waals surface area contributed by atoms with Gasteiger partial charge in [0.15, 0.2) is 5.17 Å². The molecule has 0 unspecified atom stereocenters. The molecule has 2 N–H and O–H groups in total. The number of para-hydroxylation sites is 1. The fourth-order valence-corrected chi connectivity index (χ4v) is 4.09. The molecule has 0 spiro atoms. The Morgan fingerprint density at radius 3 is 2.80 bits per heavy atom. The third kappa shape index (κ3) is 3.14. The standard InChI is InChI=1S/C19H20N4OS/c1-12-6-5-7-13-10-14(11-15-18(24)22-19(20)25-15)17(21-16(12)13)23-8-3-2-4-9-23/h5-7,10-11H,2-4,8-9H2,1H3,(H2,20,22,24). The molecule has 0 bridgehead atoms. The van der Waals surface area contributed by atoms with Crippen LogP contribution in [0.4, 0.5) is 5.82 Å². The van der Waals surface area contributed by atoms with E-state index in [4.69, 9.17) is 10.4 Å². The van der Waals surface area contributed by atoms with Crippen LogP contribution in [-0.2, 0) is 4.79 Å². The van der Waals surface area contributed by atoms with E-state index in [1.807, 2.05) is 12.1 Å². The van der Waals surface area contributed by atoms with Gasteiger partial charge in [0, 0.05) is 24.0 Å². The monoisotopic (exact) mass is 352 g/mol. The summed E-state index contributed by atoms with van der Waals surface area (Å²) in [5.74, 6) is 0.741. The Morgan fingerprint density at radius 1 is 1.28 bits per heavy atom. The van der Waals surface area contributed by atoms with Gasteiger partial charge in [-0.3, -0.25) is 10.2 Å². The maximum atomic E-state index is 12.0. The number of thioether (sulfide) groups is 1. The molecule has 128 valence electrons. The van der Waals surface area contributed by atoms with Gasteiger partial charge < -0.3 is 10.2 Å². The SMILES string of the molecule is Cc1cccc2cc(C=C3SC(=N)NC3=O)c(N3CCCCC3)nc12. The summed E-state index contributed by atoms with van der Waals surface area (Å²) < 4.78 is 0.